The Morgan fingerprint density at radius 2 is 2.23 bits per heavy atom. The van der Waals surface area contributed by atoms with Gasteiger partial charge in [0, 0.05) is 6.20 Å². The number of hydrogen-bond acceptors (Lipinski definition) is 3. The zero-order chi connectivity index (χ0) is 9.84. The van der Waals surface area contributed by atoms with E-state index < -0.39 is 5.91 Å². The number of carbonyl (C=O) groups is 1. The summed E-state index contributed by atoms with van der Waals surface area (Å²) in [6, 6.07) is 1.58. The molecule has 0 radical (unpaired) electrons. The standard InChI is InChI=1S/C9H12N2O2/c1-6(2)13-8-3-7(9(10)12)4-11-5-8/h3-6H,1-2H3,(H2,10,12). The molecule has 0 aromatic carbocycles. The first-order valence-electron chi connectivity index (χ1n) is 4.01. The summed E-state index contributed by atoms with van der Waals surface area (Å²) in [5, 5.41) is 0. The van der Waals surface area contributed by atoms with E-state index >= 15 is 0 Å². The third-order valence-corrected chi connectivity index (χ3v) is 1.37. The van der Waals surface area contributed by atoms with Gasteiger partial charge in [0.1, 0.15) is 5.75 Å². The molecule has 1 heterocycles. The summed E-state index contributed by atoms with van der Waals surface area (Å²) in [6.07, 6.45) is 3.02. The molecule has 0 unspecified atom stereocenters. The maximum atomic E-state index is 10.8. The molecule has 1 aromatic heterocycles. The summed E-state index contributed by atoms with van der Waals surface area (Å²) in [7, 11) is 0. The van der Waals surface area contributed by atoms with Gasteiger partial charge in [-0.2, -0.15) is 0 Å². The average molecular weight is 180 g/mol. The van der Waals surface area contributed by atoms with E-state index in [9.17, 15) is 4.79 Å². The predicted octanol–water partition coefficient (Wildman–Crippen LogP) is 0.968. The fourth-order valence-electron chi connectivity index (χ4n) is 0.890. The quantitative estimate of drug-likeness (QED) is 0.753. The highest BCUT2D eigenvalue weighted by Gasteiger charge is 2.03. The molecule has 1 aromatic rings. The zero-order valence-corrected chi connectivity index (χ0v) is 7.65. The van der Waals surface area contributed by atoms with Crippen LogP contribution < -0.4 is 10.5 Å². The maximum absolute atomic E-state index is 10.8. The second kappa shape index (κ2) is 3.89. The third kappa shape index (κ3) is 2.74. The van der Waals surface area contributed by atoms with Crippen molar-refractivity contribution in [2.75, 3.05) is 0 Å². The van der Waals surface area contributed by atoms with E-state index in [1.807, 2.05) is 13.8 Å². The van der Waals surface area contributed by atoms with Crippen LogP contribution in [0.1, 0.15) is 24.2 Å². The normalized spacial score (nSPS) is 10.1. The SMILES string of the molecule is CC(C)Oc1cncc(C(N)=O)c1. The first-order valence-corrected chi connectivity index (χ1v) is 4.01. The molecule has 0 saturated heterocycles. The number of amides is 1. The molecule has 70 valence electrons. The Kier molecular flexibility index (Phi) is 2.84. The van der Waals surface area contributed by atoms with Crippen LogP contribution in [-0.2, 0) is 0 Å². The number of primary amides is 1. The molecule has 0 saturated carbocycles. The van der Waals surface area contributed by atoms with Gasteiger partial charge in [0.25, 0.3) is 0 Å². The van der Waals surface area contributed by atoms with Gasteiger partial charge < -0.3 is 10.5 Å². The number of rotatable bonds is 3. The summed E-state index contributed by atoms with van der Waals surface area (Å²) >= 11 is 0. The molecule has 1 rings (SSSR count). The smallest absolute Gasteiger partial charge is 0.250 e. The Morgan fingerprint density at radius 3 is 2.77 bits per heavy atom. The van der Waals surface area contributed by atoms with E-state index in [-0.39, 0.29) is 6.10 Å². The van der Waals surface area contributed by atoms with Crippen LogP contribution in [0.4, 0.5) is 0 Å². The first kappa shape index (κ1) is 9.51. The molecule has 0 aliphatic heterocycles. The van der Waals surface area contributed by atoms with Gasteiger partial charge in [-0.3, -0.25) is 9.78 Å². The van der Waals surface area contributed by atoms with Crippen molar-refractivity contribution in [2.45, 2.75) is 20.0 Å². The Labute approximate surface area is 76.7 Å². The second-order valence-corrected chi connectivity index (χ2v) is 2.94. The highest BCUT2D eigenvalue weighted by molar-refractivity contribution is 5.92. The van der Waals surface area contributed by atoms with Crippen molar-refractivity contribution in [2.24, 2.45) is 5.73 Å². The van der Waals surface area contributed by atoms with Crippen LogP contribution in [0, 0.1) is 0 Å². The minimum absolute atomic E-state index is 0.0601. The molecule has 1 amide bonds. The van der Waals surface area contributed by atoms with Crippen LogP contribution in [-0.4, -0.2) is 17.0 Å². The first-order chi connectivity index (χ1) is 6.09. The van der Waals surface area contributed by atoms with Crippen LogP contribution in [0.25, 0.3) is 0 Å². The van der Waals surface area contributed by atoms with Gasteiger partial charge >= 0.3 is 0 Å². The minimum Gasteiger partial charge on any atom is -0.489 e. The molecule has 0 aliphatic carbocycles. The Morgan fingerprint density at radius 1 is 1.54 bits per heavy atom. The number of pyridine rings is 1. The van der Waals surface area contributed by atoms with Gasteiger partial charge in [0.15, 0.2) is 0 Å². The molecule has 4 heteroatoms. The lowest BCUT2D eigenvalue weighted by Crippen LogP contribution is -2.12. The summed E-state index contributed by atoms with van der Waals surface area (Å²) < 4.78 is 5.33. The van der Waals surface area contributed by atoms with Crippen molar-refractivity contribution < 1.29 is 9.53 Å². The van der Waals surface area contributed by atoms with Crippen LogP contribution in [0.3, 0.4) is 0 Å². The molecule has 4 nitrogen and oxygen atoms in total. The monoisotopic (exact) mass is 180 g/mol. The number of ether oxygens (including phenoxy) is 1. The number of hydrogen-bond donors (Lipinski definition) is 1. The molecule has 0 bridgehead atoms. The lowest BCUT2D eigenvalue weighted by molar-refractivity contribution is 0.0999. The van der Waals surface area contributed by atoms with Gasteiger partial charge in [0.05, 0.1) is 17.9 Å². The lowest BCUT2D eigenvalue weighted by Gasteiger charge is -2.08. The van der Waals surface area contributed by atoms with Gasteiger partial charge in [0.2, 0.25) is 5.91 Å². The van der Waals surface area contributed by atoms with E-state index in [1.54, 1.807) is 12.3 Å². The van der Waals surface area contributed by atoms with Crippen LogP contribution >= 0.6 is 0 Å². The van der Waals surface area contributed by atoms with Crippen molar-refractivity contribution in [1.82, 2.24) is 4.98 Å². The van der Waals surface area contributed by atoms with Gasteiger partial charge in [-0.15, -0.1) is 0 Å². The molecule has 0 spiro atoms. The molecule has 0 aliphatic rings. The Balaban J connectivity index is 2.85. The molecule has 2 N–H and O–H groups in total. The fourth-order valence-corrected chi connectivity index (χ4v) is 0.890. The topological polar surface area (TPSA) is 65.2 Å². The molecular weight excluding hydrogens is 168 g/mol. The zero-order valence-electron chi connectivity index (χ0n) is 7.65. The predicted molar refractivity (Wildman–Crippen MR) is 48.5 cm³/mol. The number of carbonyl (C=O) groups excluding carboxylic acids is 1. The number of nitrogens with two attached hydrogens (primary N) is 1. The fraction of sp³-hybridized carbons (Fsp3) is 0.333. The van der Waals surface area contributed by atoms with Crippen molar-refractivity contribution in [3.05, 3.63) is 24.0 Å². The number of nitrogens with zero attached hydrogens (tertiary/aromatic N) is 1. The van der Waals surface area contributed by atoms with E-state index in [2.05, 4.69) is 4.98 Å². The second-order valence-electron chi connectivity index (χ2n) is 2.94. The summed E-state index contributed by atoms with van der Waals surface area (Å²) in [5.74, 6) is 0.0630. The summed E-state index contributed by atoms with van der Waals surface area (Å²) in [4.78, 5) is 14.6. The van der Waals surface area contributed by atoms with Crippen molar-refractivity contribution in [3.8, 4) is 5.75 Å². The van der Waals surface area contributed by atoms with Crippen LogP contribution in [0.15, 0.2) is 18.5 Å². The van der Waals surface area contributed by atoms with Crippen molar-refractivity contribution >= 4 is 5.91 Å². The van der Waals surface area contributed by atoms with Gasteiger partial charge in [-0.25, -0.2) is 0 Å². The van der Waals surface area contributed by atoms with Crippen LogP contribution in [0.2, 0.25) is 0 Å². The van der Waals surface area contributed by atoms with E-state index in [0.29, 0.717) is 11.3 Å². The molecule has 0 fully saturated rings. The summed E-state index contributed by atoms with van der Waals surface area (Å²) in [6.45, 7) is 3.80. The molecule has 0 atom stereocenters. The van der Waals surface area contributed by atoms with Crippen molar-refractivity contribution in [3.63, 3.8) is 0 Å². The highest BCUT2D eigenvalue weighted by atomic mass is 16.5. The lowest BCUT2D eigenvalue weighted by atomic mass is 10.2. The van der Waals surface area contributed by atoms with E-state index in [0.717, 1.165) is 0 Å². The molecule has 13 heavy (non-hydrogen) atoms. The summed E-state index contributed by atoms with van der Waals surface area (Å²) in [5.41, 5.74) is 5.44. The number of aromatic nitrogens is 1. The van der Waals surface area contributed by atoms with E-state index in [4.69, 9.17) is 10.5 Å². The average Bonchev–Trinajstić information content (AvgIpc) is 2.03. The Bertz CT molecular complexity index is 310. The third-order valence-electron chi connectivity index (χ3n) is 1.37. The largest absolute Gasteiger partial charge is 0.489 e. The minimum atomic E-state index is -0.498. The molecular formula is C9H12N2O2. The van der Waals surface area contributed by atoms with Crippen molar-refractivity contribution in [1.29, 1.82) is 0 Å². The maximum Gasteiger partial charge on any atom is 0.250 e. The van der Waals surface area contributed by atoms with Crippen LogP contribution in [0.5, 0.6) is 5.75 Å². The highest BCUT2D eigenvalue weighted by Crippen LogP contribution is 2.12. The van der Waals surface area contributed by atoms with Gasteiger partial charge in [-0.1, -0.05) is 0 Å². The van der Waals surface area contributed by atoms with Gasteiger partial charge in [-0.05, 0) is 19.9 Å². The Hall–Kier alpha value is -1.58. The van der Waals surface area contributed by atoms with E-state index in [1.165, 1.54) is 6.20 Å².